The lowest BCUT2D eigenvalue weighted by Gasteiger charge is -2.20. The second kappa shape index (κ2) is 5.88. The van der Waals surface area contributed by atoms with Crippen molar-refractivity contribution in [2.75, 3.05) is 19.3 Å². The van der Waals surface area contributed by atoms with Crippen LogP contribution < -0.4 is 5.73 Å². The molecular weight excluding hydrogens is 275 g/mol. The van der Waals surface area contributed by atoms with Crippen LogP contribution in [0, 0.1) is 11.7 Å². The van der Waals surface area contributed by atoms with Gasteiger partial charge in [0.25, 0.3) is 5.91 Å². The van der Waals surface area contributed by atoms with Gasteiger partial charge in [0, 0.05) is 18.6 Å². The molecule has 0 saturated carbocycles. The summed E-state index contributed by atoms with van der Waals surface area (Å²) in [5.41, 5.74) is 5.10. The molecule has 0 spiro atoms. The number of rotatable bonds is 4. The highest BCUT2D eigenvalue weighted by molar-refractivity contribution is 6.31. The number of hydrogen-bond donors (Lipinski definition) is 2. The number of halogens is 2. The quantitative estimate of drug-likeness (QED) is 0.828. The fraction of sp³-hybridized carbons (Fsp3) is 0.333. The molecule has 1 rings (SSSR count). The fourth-order valence-electron chi connectivity index (χ4n) is 1.54. The van der Waals surface area contributed by atoms with E-state index in [1.165, 1.54) is 24.9 Å². The highest BCUT2D eigenvalue weighted by Gasteiger charge is 2.21. The molecule has 3 N–H and O–H groups in total. The molecule has 1 unspecified atom stereocenters. The second-order valence-corrected chi connectivity index (χ2v) is 4.71. The molecule has 1 amide bonds. The zero-order chi connectivity index (χ0) is 14.7. The first-order valence-corrected chi connectivity index (χ1v) is 5.84. The zero-order valence-electron chi connectivity index (χ0n) is 10.5. The van der Waals surface area contributed by atoms with Crippen molar-refractivity contribution >= 4 is 29.2 Å². The number of hydrogen-bond acceptors (Lipinski definition) is 3. The molecule has 1 atom stereocenters. The summed E-state index contributed by atoms with van der Waals surface area (Å²) in [6.45, 7) is 1.45. The maximum absolute atomic E-state index is 13.4. The van der Waals surface area contributed by atoms with E-state index in [0.717, 1.165) is 6.07 Å². The van der Waals surface area contributed by atoms with E-state index < -0.39 is 23.6 Å². The molecule has 7 heteroatoms. The number of amides is 1. The zero-order valence-corrected chi connectivity index (χ0v) is 11.2. The number of anilines is 1. The molecule has 0 aliphatic carbocycles. The fourth-order valence-corrected chi connectivity index (χ4v) is 1.74. The second-order valence-electron chi connectivity index (χ2n) is 4.27. The molecule has 0 radical (unpaired) electrons. The average Bonchev–Trinajstić information content (AvgIpc) is 2.32. The van der Waals surface area contributed by atoms with Crippen LogP contribution in [0.4, 0.5) is 10.1 Å². The molecule has 1 aromatic rings. The number of carbonyl (C=O) groups excluding carboxylic acids is 1. The van der Waals surface area contributed by atoms with Crippen LogP contribution in [-0.4, -0.2) is 35.5 Å². The maximum Gasteiger partial charge on any atom is 0.308 e. The summed E-state index contributed by atoms with van der Waals surface area (Å²) in [4.78, 5) is 23.9. The van der Waals surface area contributed by atoms with E-state index in [2.05, 4.69) is 0 Å². The lowest BCUT2D eigenvalue weighted by Crippen LogP contribution is -2.34. The van der Waals surface area contributed by atoms with Gasteiger partial charge in [0.2, 0.25) is 0 Å². The van der Waals surface area contributed by atoms with Crippen molar-refractivity contribution in [1.82, 2.24) is 4.90 Å². The number of benzene rings is 1. The van der Waals surface area contributed by atoms with Crippen LogP contribution in [0.15, 0.2) is 12.1 Å². The van der Waals surface area contributed by atoms with E-state index in [-0.39, 0.29) is 22.8 Å². The predicted octanol–water partition coefficient (Wildman–Crippen LogP) is 1.85. The van der Waals surface area contributed by atoms with Gasteiger partial charge in [-0.1, -0.05) is 18.5 Å². The van der Waals surface area contributed by atoms with Crippen LogP contribution >= 0.6 is 11.6 Å². The van der Waals surface area contributed by atoms with Gasteiger partial charge in [-0.15, -0.1) is 0 Å². The normalized spacial score (nSPS) is 12.0. The Kier molecular flexibility index (Phi) is 4.72. The Morgan fingerprint density at radius 2 is 2.11 bits per heavy atom. The van der Waals surface area contributed by atoms with Crippen LogP contribution in [0.25, 0.3) is 0 Å². The molecule has 0 fully saturated rings. The molecule has 0 aromatic heterocycles. The smallest absolute Gasteiger partial charge is 0.308 e. The monoisotopic (exact) mass is 288 g/mol. The van der Waals surface area contributed by atoms with Crippen molar-refractivity contribution in [1.29, 1.82) is 0 Å². The van der Waals surface area contributed by atoms with Crippen LogP contribution in [0.5, 0.6) is 0 Å². The Morgan fingerprint density at radius 1 is 1.53 bits per heavy atom. The summed E-state index contributed by atoms with van der Waals surface area (Å²) in [5.74, 6) is -3.12. The van der Waals surface area contributed by atoms with Gasteiger partial charge in [-0.3, -0.25) is 9.59 Å². The number of nitrogens with zero attached hydrogens (tertiary/aromatic N) is 1. The Labute approximate surface area is 114 Å². The molecule has 104 valence electrons. The summed E-state index contributed by atoms with van der Waals surface area (Å²) >= 11 is 5.67. The summed E-state index contributed by atoms with van der Waals surface area (Å²) in [5, 5.41) is 8.83. The number of nitrogens with two attached hydrogens (primary N) is 1. The Balaban J connectivity index is 2.97. The molecule has 0 bridgehead atoms. The lowest BCUT2D eigenvalue weighted by molar-refractivity contribution is -0.141. The van der Waals surface area contributed by atoms with Crippen molar-refractivity contribution in [2.45, 2.75) is 6.92 Å². The van der Waals surface area contributed by atoms with Crippen molar-refractivity contribution in [3.05, 3.63) is 28.5 Å². The van der Waals surface area contributed by atoms with Crippen LogP contribution in [0.3, 0.4) is 0 Å². The standard InChI is InChI=1S/C12H14ClFN2O3/c1-6(12(18)19)5-16(2)11(17)8-3-7(13)4-9(14)10(8)15/h3-4,6H,5,15H2,1-2H3,(H,18,19). The summed E-state index contributed by atoms with van der Waals surface area (Å²) in [6, 6.07) is 2.26. The van der Waals surface area contributed by atoms with Crippen molar-refractivity contribution in [3.63, 3.8) is 0 Å². The Morgan fingerprint density at radius 3 is 2.63 bits per heavy atom. The van der Waals surface area contributed by atoms with E-state index in [0.29, 0.717) is 0 Å². The summed E-state index contributed by atoms with van der Waals surface area (Å²) < 4.78 is 13.4. The third kappa shape index (κ3) is 3.57. The van der Waals surface area contributed by atoms with Gasteiger partial charge in [0.1, 0.15) is 5.82 Å². The maximum atomic E-state index is 13.4. The van der Waals surface area contributed by atoms with Gasteiger partial charge in [-0.2, -0.15) is 0 Å². The van der Waals surface area contributed by atoms with Crippen LogP contribution in [-0.2, 0) is 4.79 Å². The van der Waals surface area contributed by atoms with Crippen LogP contribution in [0.1, 0.15) is 17.3 Å². The van der Waals surface area contributed by atoms with Gasteiger partial charge < -0.3 is 15.7 Å². The minimum atomic E-state index is -1.02. The molecule has 0 aliphatic rings. The Bertz CT molecular complexity index is 522. The van der Waals surface area contributed by atoms with Gasteiger partial charge in [0.05, 0.1) is 17.2 Å². The highest BCUT2D eigenvalue weighted by Crippen LogP contribution is 2.23. The van der Waals surface area contributed by atoms with E-state index in [1.54, 1.807) is 0 Å². The van der Waals surface area contributed by atoms with E-state index >= 15 is 0 Å². The van der Waals surface area contributed by atoms with Gasteiger partial charge in [0.15, 0.2) is 0 Å². The number of nitrogen functional groups attached to an aromatic ring is 1. The molecule has 1 aromatic carbocycles. The third-order valence-corrected chi connectivity index (χ3v) is 2.86. The van der Waals surface area contributed by atoms with Crippen molar-refractivity contribution < 1.29 is 19.1 Å². The number of carbonyl (C=O) groups is 2. The minimum Gasteiger partial charge on any atom is -0.481 e. The summed E-state index contributed by atoms with van der Waals surface area (Å²) in [7, 11) is 1.42. The average molecular weight is 289 g/mol. The molecule has 0 heterocycles. The first-order chi connectivity index (χ1) is 8.73. The van der Waals surface area contributed by atoms with Crippen molar-refractivity contribution in [3.8, 4) is 0 Å². The van der Waals surface area contributed by atoms with E-state index in [9.17, 15) is 14.0 Å². The van der Waals surface area contributed by atoms with E-state index in [1.807, 2.05) is 0 Å². The van der Waals surface area contributed by atoms with Gasteiger partial charge in [-0.25, -0.2) is 4.39 Å². The molecular formula is C12H14ClFN2O3. The minimum absolute atomic E-state index is 0.0122. The number of carboxylic acid groups (broad SMARTS) is 1. The Hall–Kier alpha value is -1.82. The van der Waals surface area contributed by atoms with Crippen LogP contribution in [0.2, 0.25) is 5.02 Å². The van der Waals surface area contributed by atoms with E-state index in [4.69, 9.17) is 22.4 Å². The summed E-state index contributed by atoms with van der Waals surface area (Å²) in [6.07, 6.45) is 0. The number of carboxylic acids is 1. The topological polar surface area (TPSA) is 83.6 Å². The van der Waals surface area contributed by atoms with Gasteiger partial charge >= 0.3 is 5.97 Å². The third-order valence-electron chi connectivity index (χ3n) is 2.64. The molecule has 5 nitrogen and oxygen atoms in total. The van der Waals surface area contributed by atoms with Crippen molar-refractivity contribution in [2.24, 2.45) is 5.92 Å². The largest absolute Gasteiger partial charge is 0.481 e. The number of aliphatic carboxylic acids is 1. The molecule has 0 aliphatic heterocycles. The molecule has 19 heavy (non-hydrogen) atoms. The molecule has 0 saturated heterocycles. The highest BCUT2D eigenvalue weighted by atomic mass is 35.5. The first kappa shape index (κ1) is 15.2. The lowest BCUT2D eigenvalue weighted by atomic mass is 10.1. The predicted molar refractivity (Wildman–Crippen MR) is 69.6 cm³/mol. The first-order valence-electron chi connectivity index (χ1n) is 5.46. The van der Waals surface area contributed by atoms with Gasteiger partial charge in [-0.05, 0) is 12.1 Å². The SMILES string of the molecule is CC(CN(C)C(=O)c1cc(Cl)cc(F)c1N)C(=O)O.